The Balaban J connectivity index is 1.47. The van der Waals surface area contributed by atoms with Crippen molar-refractivity contribution in [2.24, 2.45) is 0 Å². The molecule has 1 fully saturated rings. The van der Waals surface area contributed by atoms with Gasteiger partial charge in [0.15, 0.2) is 0 Å². The zero-order chi connectivity index (χ0) is 25.2. The van der Waals surface area contributed by atoms with Crippen LogP contribution in [0.15, 0.2) is 41.2 Å². The summed E-state index contributed by atoms with van der Waals surface area (Å²) in [4.78, 5) is 11.2. The number of methoxy groups -OCH3 is 1. The van der Waals surface area contributed by atoms with E-state index in [-0.39, 0.29) is 18.8 Å². The molecule has 5 rings (SSSR count). The van der Waals surface area contributed by atoms with Gasteiger partial charge in [0.2, 0.25) is 11.8 Å². The Morgan fingerprint density at radius 3 is 2.72 bits per heavy atom. The van der Waals surface area contributed by atoms with E-state index < -0.39 is 11.3 Å². The van der Waals surface area contributed by atoms with Crippen LogP contribution in [0.25, 0.3) is 33.5 Å². The second-order valence-corrected chi connectivity index (χ2v) is 9.64. The summed E-state index contributed by atoms with van der Waals surface area (Å²) in [7, 11) is 1.49. The Kier molecular flexibility index (Phi) is 7.12. The van der Waals surface area contributed by atoms with Crippen LogP contribution in [0.2, 0.25) is 0 Å². The van der Waals surface area contributed by atoms with E-state index in [1.165, 1.54) is 7.11 Å². The van der Waals surface area contributed by atoms with Gasteiger partial charge in [-0.15, -0.1) is 0 Å². The fourth-order valence-electron chi connectivity index (χ4n) is 4.64. The largest absolute Gasteiger partial charge is 0.760 e. The van der Waals surface area contributed by atoms with Gasteiger partial charge in [0.25, 0.3) is 0 Å². The number of hydrogen-bond donors (Lipinski definition) is 2. The van der Waals surface area contributed by atoms with Crippen LogP contribution in [0.4, 0.5) is 0 Å². The third kappa shape index (κ3) is 5.32. The first kappa shape index (κ1) is 24.5. The molecule has 1 unspecified atom stereocenters. The average Bonchev–Trinajstić information content (AvgIpc) is 3.51. The maximum Gasteiger partial charge on any atom is 0.227 e. The number of fused-ring (bicyclic) bond motifs is 1. The average molecular weight is 512 g/mol. The van der Waals surface area contributed by atoms with Gasteiger partial charge >= 0.3 is 0 Å². The Morgan fingerprint density at radius 1 is 1.17 bits per heavy atom. The van der Waals surface area contributed by atoms with Crippen molar-refractivity contribution in [1.82, 2.24) is 29.8 Å². The van der Waals surface area contributed by atoms with E-state index in [0.29, 0.717) is 23.9 Å². The van der Waals surface area contributed by atoms with Crippen LogP contribution in [-0.2, 0) is 29.1 Å². The normalized spacial score (nSPS) is 19.6. The van der Waals surface area contributed by atoms with E-state index in [9.17, 15) is 8.76 Å². The molecular formula is C24H27N6O5S-. The van der Waals surface area contributed by atoms with Crippen molar-refractivity contribution in [3.63, 3.8) is 0 Å². The second kappa shape index (κ2) is 10.4. The maximum absolute atomic E-state index is 11.0. The summed E-state index contributed by atoms with van der Waals surface area (Å²) in [5, 5.41) is 8.10. The van der Waals surface area contributed by atoms with Crippen molar-refractivity contribution in [2.75, 3.05) is 20.2 Å². The zero-order valence-electron chi connectivity index (χ0n) is 20.2. The van der Waals surface area contributed by atoms with Gasteiger partial charge in [-0.3, -0.25) is 14.2 Å². The number of aromatic amines is 1. The van der Waals surface area contributed by atoms with Crippen molar-refractivity contribution >= 4 is 22.2 Å². The minimum atomic E-state index is -2.40. The van der Waals surface area contributed by atoms with Crippen molar-refractivity contribution < 1.29 is 22.7 Å². The molecule has 0 radical (unpaired) electrons. The molecule has 1 aromatic carbocycles. The number of morpholine rings is 1. The Hall–Kier alpha value is -3.16. The number of nitrogens with one attached hydrogen (secondary N) is 2. The predicted octanol–water partition coefficient (Wildman–Crippen LogP) is 2.78. The number of benzene rings is 1. The molecule has 1 saturated heterocycles. The third-order valence-electron chi connectivity index (χ3n) is 6.05. The summed E-state index contributed by atoms with van der Waals surface area (Å²) in [6.45, 7) is 6.53. The van der Waals surface area contributed by atoms with Gasteiger partial charge in [-0.05, 0) is 37.6 Å². The molecule has 4 aromatic rings. The third-order valence-corrected chi connectivity index (χ3v) is 6.43. The predicted molar refractivity (Wildman–Crippen MR) is 132 cm³/mol. The molecule has 11 nitrogen and oxygen atoms in total. The minimum absolute atomic E-state index is 0.0567. The van der Waals surface area contributed by atoms with Crippen molar-refractivity contribution in [1.29, 1.82) is 0 Å². The number of H-pyrrole nitrogens is 1. The Bertz CT molecular complexity index is 1380. The lowest BCUT2D eigenvalue weighted by Gasteiger charge is -2.34. The summed E-state index contributed by atoms with van der Waals surface area (Å²) < 4.78 is 41.7. The lowest BCUT2D eigenvalue weighted by molar-refractivity contribution is -0.0718. The first-order valence-corrected chi connectivity index (χ1v) is 12.6. The van der Waals surface area contributed by atoms with E-state index in [2.05, 4.69) is 43.6 Å². The fraction of sp³-hybridized carbons (Fsp3) is 0.375. The van der Waals surface area contributed by atoms with Crippen LogP contribution >= 0.6 is 0 Å². The van der Waals surface area contributed by atoms with E-state index in [1.54, 1.807) is 18.6 Å². The summed E-state index contributed by atoms with van der Waals surface area (Å²) in [5.41, 5.74) is 3.84. The van der Waals surface area contributed by atoms with Crippen LogP contribution in [0, 0.1) is 0 Å². The van der Waals surface area contributed by atoms with Crippen molar-refractivity contribution in [3.05, 3.63) is 48.1 Å². The van der Waals surface area contributed by atoms with E-state index in [0.717, 1.165) is 46.4 Å². The van der Waals surface area contributed by atoms with E-state index in [4.69, 9.17) is 13.9 Å². The molecule has 2 N–H and O–H groups in total. The van der Waals surface area contributed by atoms with Crippen LogP contribution in [0.1, 0.15) is 25.2 Å². The van der Waals surface area contributed by atoms with Gasteiger partial charge in [0.1, 0.15) is 5.76 Å². The lowest BCUT2D eigenvalue weighted by Crippen LogP contribution is -2.44. The maximum atomic E-state index is 11.0. The number of hydrogen-bond acceptors (Lipinski definition) is 9. The second-order valence-electron chi connectivity index (χ2n) is 8.89. The Labute approximate surface area is 210 Å². The van der Waals surface area contributed by atoms with Gasteiger partial charge in [0, 0.05) is 59.2 Å². The van der Waals surface area contributed by atoms with Crippen molar-refractivity contribution in [3.8, 4) is 28.5 Å². The zero-order valence-corrected chi connectivity index (χ0v) is 21.0. The Morgan fingerprint density at radius 2 is 1.97 bits per heavy atom. The number of pyridine rings is 1. The SMILES string of the molecule is COc1ncc(-c2cc(-c3ncc(CN4C[C@@H](C)O[C@@H](C)C4)o3)c3cn[nH]c3c2)cc1CNS(=O)[O-]. The molecule has 190 valence electrons. The molecule has 36 heavy (non-hydrogen) atoms. The molecule has 3 aromatic heterocycles. The quantitative estimate of drug-likeness (QED) is 0.342. The van der Waals surface area contributed by atoms with Crippen molar-refractivity contribution in [2.45, 2.75) is 39.1 Å². The molecule has 0 bridgehead atoms. The van der Waals surface area contributed by atoms with Crippen LogP contribution in [-0.4, -0.2) is 66.2 Å². The molecule has 0 spiro atoms. The summed E-state index contributed by atoms with van der Waals surface area (Å²) in [6.07, 6.45) is 5.53. The smallest absolute Gasteiger partial charge is 0.227 e. The monoisotopic (exact) mass is 511 g/mol. The molecule has 0 amide bonds. The molecule has 1 aliphatic rings. The lowest BCUT2D eigenvalue weighted by atomic mass is 10.0. The van der Waals surface area contributed by atoms with Crippen LogP contribution in [0.3, 0.4) is 0 Å². The van der Waals surface area contributed by atoms with Crippen LogP contribution in [0.5, 0.6) is 5.88 Å². The number of rotatable bonds is 8. The molecule has 4 heterocycles. The number of aromatic nitrogens is 4. The minimum Gasteiger partial charge on any atom is -0.760 e. The van der Waals surface area contributed by atoms with Gasteiger partial charge in [-0.2, -0.15) is 5.10 Å². The van der Waals surface area contributed by atoms with Gasteiger partial charge in [0.05, 0.1) is 43.8 Å². The molecule has 12 heteroatoms. The first-order chi connectivity index (χ1) is 17.4. The molecule has 0 aliphatic carbocycles. The molecule has 3 atom stereocenters. The molecular weight excluding hydrogens is 484 g/mol. The number of nitrogens with zero attached hydrogens (tertiary/aromatic N) is 4. The van der Waals surface area contributed by atoms with Gasteiger partial charge in [-0.1, -0.05) is 0 Å². The van der Waals surface area contributed by atoms with E-state index in [1.807, 2.05) is 18.2 Å². The first-order valence-electron chi connectivity index (χ1n) is 11.6. The molecule has 1 aliphatic heterocycles. The summed E-state index contributed by atoms with van der Waals surface area (Å²) in [6, 6.07) is 5.77. The highest BCUT2D eigenvalue weighted by Gasteiger charge is 2.23. The number of oxazole rings is 1. The molecule has 0 saturated carbocycles. The topological polar surface area (TPSA) is 141 Å². The number of ether oxygens (including phenoxy) is 2. The highest BCUT2D eigenvalue weighted by Crippen LogP contribution is 2.34. The van der Waals surface area contributed by atoms with Gasteiger partial charge in [-0.25, -0.2) is 14.7 Å². The van der Waals surface area contributed by atoms with E-state index >= 15 is 0 Å². The highest BCUT2D eigenvalue weighted by atomic mass is 32.2. The summed E-state index contributed by atoms with van der Waals surface area (Å²) >= 11 is -2.40. The van der Waals surface area contributed by atoms with Crippen LogP contribution < -0.4 is 9.46 Å². The fourth-order valence-corrected chi connectivity index (χ4v) is 4.91. The highest BCUT2D eigenvalue weighted by molar-refractivity contribution is 7.77. The summed E-state index contributed by atoms with van der Waals surface area (Å²) in [5.74, 6) is 1.62. The van der Waals surface area contributed by atoms with Gasteiger partial charge < -0.3 is 18.4 Å². The standard InChI is InChI=1S/C24H28N6O5S/c1-14-11-30(12-15(2)34-14)13-19-9-26-24(35-19)20-5-16(6-22-21(20)10-27-29-22)17-4-18(8-28-36(31)32)23(33-3)25-7-17/h4-7,9-10,14-15,28H,8,11-13H2,1-3H3,(H,27,29)(H,31,32)/p-1/t14-,15+.